The number of imide groups is 1. The number of carbonyl (C=O) groups is 3. The molecule has 1 aromatic heterocycles. The lowest BCUT2D eigenvalue weighted by Gasteiger charge is -2.14. The highest BCUT2D eigenvalue weighted by molar-refractivity contribution is 6.07. The topological polar surface area (TPSA) is 89.7 Å². The highest BCUT2D eigenvalue weighted by Gasteiger charge is 2.47. The van der Waals surface area contributed by atoms with Crippen LogP contribution < -0.4 is 0 Å². The van der Waals surface area contributed by atoms with Crippen molar-refractivity contribution in [2.75, 3.05) is 6.54 Å². The maximum Gasteiger partial charge on any atom is 0.326 e. The molecule has 27 heavy (non-hydrogen) atoms. The van der Waals surface area contributed by atoms with Crippen molar-refractivity contribution in [2.45, 2.75) is 19.4 Å². The average Bonchev–Trinajstić information content (AvgIpc) is 3.27. The van der Waals surface area contributed by atoms with Crippen molar-refractivity contribution < 1.29 is 23.6 Å². The number of rotatable bonds is 5. The molecule has 2 aromatic rings. The number of ether oxygens (including phenoxy) is 1. The Morgan fingerprint density at radius 3 is 2.44 bits per heavy atom. The summed E-state index contributed by atoms with van der Waals surface area (Å²) in [5.74, 6) is -1.35. The van der Waals surface area contributed by atoms with E-state index in [9.17, 15) is 14.4 Å². The molecule has 0 saturated carbocycles. The highest BCUT2D eigenvalue weighted by atomic mass is 16.5. The minimum absolute atomic E-state index is 0.0835. The van der Waals surface area contributed by atoms with Gasteiger partial charge in [0.1, 0.15) is 18.8 Å². The number of hydrogen-bond donors (Lipinski definition) is 0. The molecule has 1 aliphatic heterocycles. The number of benzene rings is 1. The van der Waals surface area contributed by atoms with Crippen LogP contribution in [0, 0.1) is 11.8 Å². The van der Waals surface area contributed by atoms with Gasteiger partial charge in [-0.3, -0.25) is 19.3 Å². The number of aromatic nitrogens is 1. The summed E-state index contributed by atoms with van der Waals surface area (Å²) in [4.78, 5) is 37.8. The third-order valence-corrected chi connectivity index (χ3v) is 4.88. The molecule has 2 heterocycles. The van der Waals surface area contributed by atoms with Crippen molar-refractivity contribution >= 4 is 17.8 Å². The molecule has 1 aliphatic carbocycles. The van der Waals surface area contributed by atoms with Crippen LogP contribution in [0.15, 0.2) is 53.1 Å². The average molecular weight is 366 g/mol. The minimum Gasteiger partial charge on any atom is -0.458 e. The van der Waals surface area contributed by atoms with Crippen LogP contribution in [0.2, 0.25) is 0 Å². The van der Waals surface area contributed by atoms with Gasteiger partial charge in [0.25, 0.3) is 0 Å². The molecule has 0 spiro atoms. The second kappa shape index (κ2) is 7.19. The Kier molecular flexibility index (Phi) is 4.58. The van der Waals surface area contributed by atoms with Crippen LogP contribution in [0.4, 0.5) is 0 Å². The van der Waals surface area contributed by atoms with E-state index in [0.717, 1.165) is 10.5 Å². The molecule has 7 nitrogen and oxygen atoms in total. The van der Waals surface area contributed by atoms with Crippen LogP contribution in [-0.4, -0.2) is 34.4 Å². The maximum atomic E-state index is 12.4. The van der Waals surface area contributed by atoms with E-state index in [1.165, 1.54) is 0 Å². The molecule has 2 aliphatic rings. The molecule has 2 amide bonds. The standard InChI is InChI=1S/C20H18N2O5/c23-18(11-22-19(24)15-8-4-5-9-16(15)20(22)25)26-12-14-10-17(27-21-14)13-6-2-1-3-7-13/h1-7,10,15-16H,8-9,11-12H2/t15-,16-/m0/s1. The highest BCUT2D eigenvalue weighted by Crippen LogP contribution is 2.34. The van der Waals surface area contributed by atoms with E-state index >= 15 is 0 Å². The minimum atomic E-state index is -0.646. The van der Waals surface area contributed by atoms with Crippen LogP contribution in [0.5, 0.6) is 0 Å². The monoisotopic (exact) mass is 366 g/mol. The van der Waals surface area contributed by atoms with E-state index in [4.69, 9.17) is 9.26 Å². The van der Waals surface area contributed by atoms with Gasteiger partial charge in [-0.15, -0.1) is 0 Å². The number of esters is 1. The predicted molar refractivity (Wildman–Crippen MR) is 93.8 cm³/mol. The molecular formula is C20H18N2O5. The zero-order chi connectivity index (χ0) is 18.8. The van der Waals surface area contributed by atoms with Crippen molar-refractivity contribution in [2.24, 2.45) is 11.8 Å². The first-order valence-corrected chi connectivity index (χ1v) is 8.80. The largest absolute Gasteiger partial charge is 0.458 e. The number of fused-ring (bicyclic) bond motifs is 1. The first-order chi connectivity index (χ1) is 13.1. The molecule has 0 bridgehead atoms. The van der Waals surface area contributed by atoms with E-state index in [2.05, 4.69) is 5.16 Å². The fraction of sp³-hybridized carbons (Fsp3) is 0.300. The third kappa shape index (κ3) is 3.40. The van der Waals surface area contributed by atoms with Crippen LogP contribution in [0.1, 0.15) is 18.5 Å². The van der Waals surface area contributed by atoms with Gasteiger partial charge < -0.3 is 9.26 Å². The summed E-state index contributed by atoms with van der Waals surface area (Å²) < 4.78 is 10.4. The Labute approximate surface area is 155 Å². The molecule has 0 N–H and O–H groups in total. The fourth-order valence-electron chi connectivity index (χ4n) is 3.47. The molecule has 138 valence electrons. The van der Waals surface area contributed by atoms with Crippen LogP contribution in [-0.2, 0) is 25.7 Å². The quantitative estimate of drug-likeness (QED) is 0.458. The molecule has 7 heteroatoms. The van der Waals surface area contributed by atoms with Gasteiger partial charge in [0.05, 0.1) is 11.8 Å². The van der Waals surface area contributed by atoms with Gasteiger partial charge in [0.2, 0.25) is 11.8 Å². The Morgan fingerprint density at radius 1 is 1.11 bits per heavy atom. The summed E-state index contributed by atoms with van der Waals surface area (Å²) in [6, 6.07) is 11.1. The Hall–Kier alpha value is -3.22. The first-order valence-electron chi connectivity index (χ1n) is 8.80. The smallest absolute Gasteiger partial charge is 0.326 e. The fourth-order valence-corrected chi connectivity index (χ4v) is 3.47. The van der Waals surface area contributed by atoms with Crippen molar-refractivity contribution in [3.63, 3.8) is 0 Å². The van der Waals surface area contributed by atoms with Crippen molar-refractivity contribution in [1.29, 1.82) is 0 Å². The van der Waals surface area contributed by atoms with E-state index < -0.39 is 5.97 Å². The third-order valence-electron chi connectivity index (χ3n) is 4.88. The molecule has 1 aromatic carbocycles. The summed E-state index contributed by atoms with van der Waals surface area (Å²) in [6.07, 6.45) is 4.90. The van der Waals surface area contributed by atoms with Gasteiger partial charge >= 0.3 is 5.97 Å². The molecular weight excluding hydrogens is 348 g/mol. The number of amides is 2. The second-order valence-electron chi connectivity index (χ2n) is 6.63. The molecule has 1 saturated heterocycles. The van der Waals surface area contributed by atoms with Crippen LogP contribution in [0.3, 0.4) is 0 Å². The first kappa shape index (κ1) is 17.2. The number of nitrogens with zero attached hydrogens (tertiary/aromatic N) is 2. The predicted octanol–water partition coefficient (Wildman–Crippen LogP) is 2.34. The SMILES string of the molecule is O=C(CN1C(=O)[C@H]2CC=CC[C@@H]2C1=O)OCc1cc(-c2ccccc2)on1. The Bertz CT molecular complexity index is 876. The number of hydrogen-bond acceptors (Lipinski definition) is 6. The zero-order valence-corrected chi connectivity index (χ0v) is 14.5. The van der Waals surface area contributed by atoms with Gasteiger partial charge in [-0.05, 0) is 12.8 Å². The maximum absolute atomic E-state index is 12.4. The summed E-state index contributed by atoms with van der Waals surface area (Å²) >= 11 is 0. The normalized spacial score (nSPS) is 21.4. The van der Waals surface area contributed by atoms with E-state index in [0.29, 0.717) is 24.3 Å². The van der Waals surface area contributed by atoms with Gasteiger partial charge in [0, 0.05) is 11.6 Å². The van der Waals surface area contributed by atoms with Gasteiger partial charge in [0.15, 0.2) is 5.76 Å². The lowest BCUT2D eigenvalue weighted by atomic mass is 9.85. The summed E-state index contributed by atoms with van der Waals surface area (Å²) in [5, 5.41) is 3.88. The summed E-state index contributed by atoms with van der Waals surface area (Å²) in [5.41, 5.74) is 1.33. The second-order valence-corrected chi connectivity index (χ2v) is 6.63. The van der Waals surface area contributed by atoms with Crippen molar-refractivity contribution in [1.82, 2.24) is 10.1 Å². The molecule has 4 rings (SSSR count). The van der Waals surface area contributed by atoms with Gasteiger partial charge in [-0.25, -0.2) is 0 Å². The van der Waals surface area contributed by atoms with E-state index in [-0.39, 0.29) is 36.8 Å². The summed E-state index contributed by atoms with van der Waals surface area (Å²) in [6.45, 7) is -0.451. The molecule has 0 radical (unpaired) electrons. The zero-order valence-electron chi connectivity index (χ0n) is 14.5. The number of carbonyl (C=O) groups excluding carboxylic acids is 3. The number of allylic oxidation sites excluding steroid dienone is 2. The van der Waals surface area contributed by atoms with Crippen molar-refractivity contribution in [3.05, 3.63) is 54.2 Å². The van der Waals surface area contributed by atoms with Crippen LogP contribution in [0.25, 0.3) is 11.3 Å². The lowest BCUT2D eigenvalue weighted by Crippen LogP contribution is -2.36. The van der Waals surface area contributed by atoms with Gasteiger partial charge in [-0.1, -0.05) is 47.6 Å². The molecule has 1 fully saturated rings. The Morgan fingerprint density at radius 2 is 1.78 bits per heavy atom. The number of likely N-dealkylation sites (tertiary alicyclic amines) is 1. The molecule has 2 atom stereocenters. The van der Waals surface area contributed by atoms with Gasteiger partial charge in [-0.2, -0.15) is 0 Å². The van der Waals surface area contributed by atoms with E-state index in [1.54, 1.807) is 6.07 Å². The van der Waals surface area contributed by atoms with Crippen LogP contribution >= 0.6 is 0 Å². The Balaban J connectivity index is 1.33. The van der Waals surface area contributed by atoms with Crippen molar-refractivity contribution in [3.8, 4) is 11.3 Å². The van der Waals surface area contributed by atoms with E-state index in [1.807, 2.05) is 42.5 Å². The summed E-state index contributed by atoms with van der Waals surface area (Å²) in [7, 11) is 0. The molecule has 0 unspecified atom stereocenters. The lowest BCUT2D eigenvalue weighted by molar-refractivity contribution is -0.153.